The molecule has 1 fully saturated rings. The van der Waals surface area contributed by atoms with Crippen molar-refractivity contribution in [2.45, 2.75) is 25.2 Å². The fraction of sp³-hybridized carbons (Fsp3) is 0.174. The van der Waals surface area contributed by atoms with Crippen LogP contribution >= 0.6 is 0 Å². The van der Waals surface area contributed by atoms with Crippen molar-refractivity contribution in [3.8, 4) is 0 Å². The molecule has 2 N–H and O–H groups in total. The lowest BCUT2D eigenvalue weighted by molar-refractivity contribution is 0.0999. The zero-order chi connectivity index (χ0) is 17.6. The molecule has 0 atom stereocenters. The third-order valence-electron chi connectivity index (χ3n) is 5.33. The van der Waals surface area contributed by atoms with Crippen molar-refractivity contribution < 1.29 is 4.79 Å². The molecule has 0 bridgehead atoms. The number of fused-ring (bicyclic) bond motifs is 1. The van der Waals surface area contributed by atoms with E-state index in [4.69, 9.17) is 5.73 Å². The van der Waals surface area contributed by atoms with E-state index < -0.39 is 0 Å². The molecule has 0 saturated heterocycles. The molecule has 2 nitrogen and oxygen atoms in total. The molecule has 124 valence electrons. The maximum absolute atomic E-state index is 12.0. The average molecular weight is 327 g/mol. The van der Waals surface area contributed by atoms with E-state index in [2.05, 4.69) is 49.0 Å². The Balaban J connectivity index is 2.02. The molecule has 0 radical (unpaired) electrons. The zero-order valence-electron chi connectivity index (χ0n) is 14.4. The van der Waals surface area contributed by atoms with E-state index in [1.807, 2.05) is 25.1 Å². The van der Waals surface area contributed by atoms with E-state index in [0.717, 1.165) is 29.5 Å². The minimum Gasteiger partial charge on any atom is -0.366 e. The maximum Gasteiger partial charge on any atom is 0.249 e. The van der Waals surface area contributed by atoms with Gasteiger partial charge in [-0.2, -0.15) is 0 Å². The van der Waals surface area contributed by atoms with Crippen LogP contribution < -0.4 is 5.73 Å². The average Bonchev–Trinajstić information content (AvgIpc) is 3.42. The summed E-state index contributed by atoms with van der Waals surface area (Å²) in [5.41, 5.74) is 10.7. The van der Waals surface area contributed by atoms with Crippen LogP contribution in [0.15, 0.2) is 67.2 Å². The molecular weight excluding hydrogens is 306 g/mol. The Kier molecular flexibility index (Phi) is 3.50. The minimum atomic E-state index is -0.359. The lowest BCUT2D eigenvalue weighted by atomic mass is 9.81. The van der Waals surface area contributed by atoms with Crippen molar-refractivity contribution in [1.82, 2.24) is 0 Å². The molecule has 3 aromatic carbocycles. The highest BCUT2D eigenvalue weighted by Crippen LogP contribution is 2.56. The van der Waals surface area contributed by atoms with Crippen LogP contribution in [-0.4, -0.2) is 5.91 Å². The van der Waals surface area contributed by atoms with Crippen LogP contribution in [0, 0.1) is 0 Å². The molecular formula is C23H21NO. The summed E-state index contributed by atoms with van der Waals surface area (Å²) in [5, 5.41) is 2.45. The van der Waals surface area contributed by atoms with E-state index in [9.17, 15) is 4.79 Å². The van der Waals surface area contributed by atoms with E-state index in [0.29, 0.717) is 5.56 Å². The molecule has 25 heavy (non-hydrogen) atoms. The van der Waals surface area contributed by atoms with Gasteiger partial charge in [0.25, 0.3) is 0 Å². The molecule has 0 aromatic heterocycles. The number of primary amides is 1. The van der Waals surface area contributed by atoms with Gasteiger partial charge < -0.3 is 5.73 Å². The first kappa shape index (κ1) is 15.6. The Morgan fingerprint density at radius 1 is 1.00 bits per heavy atom. The van der Waals surface area contributed by atoms with Crippen LogP contribution in [0.1, 0.15) is 46.8 Å². The first-order valence-corrected chi connectivity index (χ1v) is 8.61. The monoisotopic (exact) mass is 327 g/mol. The van der Waals surface area contributed by atoms with Crippen molar-refractivity contribution >= 4 is 22.3 Å². The van der Waals surface area contributed by atoms with Gasteiger partial charge in [0, 0.05) is 11.0 Å². The second kappa shape index (κ2) is 5.59. The molecule has 0 unspecified atom stereocenters. The van der Waals surface area contributed by atoms with Gasteiger partial charge in [-0.1, -0.05) is 54.6 Å². The topological polar surface area (TPSA) is 43.1 Å². The Labute approximate surface area is 148 Å². The molecule has 1 saturated carbocycles. The number of carbonyl (C=O) groups is 1. The molecule has 4 rings (SSSR count). The summed E-state index contributed by atoms with van der Waals surface area (Å²) in [6.07, 6.45) is 2.06. The molecule has 0 aliphatic heterocycles. The van der Waals surface area contributed by atoms with Crippen molar-refractivity contribution in [3.63, 3.8) is 0 Å². The lowest BCUT2D eigenvalue weighted by Crippen LogP contribution is -2.19. The van der Waals surface area contributed by atoms with E-state index in [1.54, 1.807) is 0 Å². The van der Waals surface area contributed by atoms with Crippen LogP contribution in [0.5, 0.6) is 0 Å². The SMILES string of the molecule is C=C(C)c1cc(C2(c3ccccc3C(N)=O)CC2)c2ccccc2c1. The van der Waals surface area contributed by atoms with Crippen molar-refractivity contribution in [1.29, 1.82) is 0 Å². The summed E-state index contributed by atoms with van der Waals surface area (Å²) in [7, 11) is 0. The van der Waals surface area contributed by atoms with Gasteiger partial charge in [-0.25, -0.2) is 0 Å². The summed E-state index contributed by atoms with van der Waals surface area (Å²) in [5.74, 6) is -0.359. The Morgan fingerprint density at radius 3 is 2.36 bits per heavy atom. The molecule has 1 amide bonds. The second-order valence-electron chi connectivity index (χ2n) is 7.02. The Morgan fingerprint density at radius 2 is 1.68 bits per heavy atom. The van der Waals surface area contributed by atoms with Crippen molar-refractivity contribution in [2.24, 2.45) is 5.73 Å². The smallest absolute Gasteiger partial charge is 0.249 e. The van der Waals surface area contributed by atoms with Gasteiger partial charge in [0.2, 0.25) is 5.91 Å². The molecule has 0 heterocycles. The molecule has 2 heteroatoms. The standard InChI is InChI=1S/C23H21NO/c1-15(2)17-13-16-7-3-4-8-18(16)21(14-17)23(11-12-23)20-10-6-5-9-19(20)22(24)25/h3-10,13-14H,1,11-12H2,2H3,(H2,24,25). The second-order valence-corrected chi connectivity index (χ2v) is 7.02. The summed E-state index contributed by atoms with van der Waals surface area (Å²) in [4.78, 5) is 12.0. The quantitative estimate of drug-likeness (QED) is 0.716. The number of rotatable bonds is 4. The van der Waals surface area contributed by atoms with Gasteiger partial charge >= 0.3 is 0 Å². The minimum absolute atomic E-state index is 0.128. The van der Waals surface area contributed by atoms with Gasteiger partial charge in [0.05, 0.1) is 0 Å². The van der Waals surface area contributed by atoms with Crippen LogP contribution in [0.2, 0.25) is 0 Å². The number of amides is 1. The normalized spacial score (nSPS) is 15.1. The van der Waals surface area contributed by atoms with Crippen LogP contribution in [-0.2, 0) is 5.41 Å². The summed E-state index contributed by atoms with van der Waals surface area (Å²) >= 11 is 0. The van der Waals surface area contributed by atoms with Gasteiger partial charge in [0.15, 0.2) is 0 Å². The van der Waals surface area contributed by atoms with Crippen molar-refractivity contribution in [2.75, 3.05) is 0 Å². The van der Waals surface area contributed by atoms with Gasteiger partial charge in [-0.3, -0.25) is 4.79 Å². The third kappa shape index (κ3) is 2.45. The maximum atomic E-state index is 12.0. The Bertz CT molecular complexity index is 1010. The predicted molar refractivity (Wildman–Crippen MR) is 104 cm³/mol. The number of allylic oxidation sites excluding steroid dienone is 1. The van der Waals surface area contributed by atoms with Crippen LogP contribution in [0.4, 0.5) is 0 Å². The zero-order valence-corrected chi connectivity index (χ0v) is 14.4. The van der Waals surface area contributed by atoms with Gasteiger partial charge in [0.1, 0.15) is 0 Å². The number of nitrogens with two attached hydrogens (primary N) is 1. The number of hydrogen-bond acceptors (Lipinski definition) is 1. The highest BCUT2D eigenvalue weighted by atomic mass is 16.1. The molecule has 3 aromatic rings. The molecule has 1 aliphatic rings. The van der Waals surface area contributed by atoms with Gasteiger partial charge in [-0.15, -0.1) is 0 Å². The Hall–Kier alpha value is -2.87. The molecule has 1 aliphatic carbocycles. The van der Waals surface area contributed by atoms with E-state index >= 15 is 0 Å². The predicted octanol–water partition coefficient (Wildman–Crippen LogP) is 5.05. The highest BCUT2D eigenvalue weighted by molar-refractivity contribution is 5.96. The number of carbonyl (C=O) groups excluding carboxylic acids is 1. The number of hydrogen-bond donors (Lipinski definition) is 1. The van der Waals surface area contributed by atoms with E-state index in [-0.39, 0.29) is 11.3 Å². The number of benzene rings is 3. The summed E-state index contributed by atoms with van der Waals surface area (Å²) in [6, 6.07) is 20.6. The van der Waals surface area contributed by atoms with Crippen LogP contribution in [0.25, 0.3) is 16.3 Å². The third-order valence-corrected chi connectivity index (χ3v) is 5.33. The van der Waals surface area contributed by atoms with Crippen molar-refractivity contribution in [3.05, 3.63) is 89.5 Å². The van der Waals surface area contributed by atoms with E-state index in [1.165, 1.54) is 16.3 Å². The fourth-order valence-electron chi connectivity index (χ4n) is 3.88. The first-order valence-electron chi connectivity index (χ1n) is 8.61. The largest absolute Gasteiger partial charge is 0.366 e. The lowest BCUT2D eigenvalue weighted by Gasteiger charge is -2.22. The molecule has 0 spiro atoms. The summed E-state index contributed by atoms with van der Waals surface area (Å²) < 4.78 is 0. The highest BCUT2D eigenvalue weighted by Gasteiger charge is 2.48. The first-order chi connectivity index (χ1) is 12.0. The summed E-state index contributed by atoms with van der Waals surface area (Å²) in [6.45, 7) is 6.15. The van der Waals surface area contributed by atoms with Gasteiger partial charge in [-0.05, 0) is 65.4 Å². The van der Waals surface area contributed by atoms with Crippen LogP contribution in [0.3, 0.4) is 0 Å². The fourth-order valence-corrected chi connectivity index (χ4v) is 3.88.